The van der Waals surface area contributed by atoms with Crippen LogP contribution in [0.25, 0.3) is 11.3 Å². The lowest BCUT2D eigenvalue weighted by atomic mass is 10.1. The number of amides is 1. The minimum absolute atomic E-state index is 0.0316. The third-order valence-electron chi connectivity index (χ3n) is 5.43. The number of rotatable bonds is 6. The SMILES string of the molecule is COc1ccc(-c2nc(NC(=O)[C@@H]3CCCN3S(=O)(=O)c3c(C)noc3C)sc2C)cc1. The van der Waals surface area contributed by atoms with Crippen molar-refractivity contribution in [2.24, 2.45) is 0 Å². The second kappa shape index (κ2) is 8.64. The average molecular weight is 477 g/mol. The molecule has 0 spiro atoms. The fourth-order valence-electron chi connectivity index (χ4n) is 3.91. The first-order valence-electron chi connectivity index (χ1n) is 10.1. The number of carbonyl (C=O) groups excluding carboxylic acids is 1. The van der Waals surface area contributed by atoms with E-state index in [0.29, 0.717) is 18.0 Å². The minimum atomic E-state index is -3.91. The molecule has 2 aromatic heterocycles. The molecule has 1 aromatic carbocycles. The molecule has 0 unspecified atom stereocenters. The fourth-order valence-corrected chi connectivity index (χ4v) is 6.70. The Morgan fingerprint density at radius 1 is 1.25 bits per heavy atom. The van der Waals surface area contributed by atoms with Gasteiger partial charge in [0.1, 0.15) is 22.4 Å². The van der Waals surface area contributed by atoms with Crippen LogP contribution in [0.2, 0.25) is 0 Å². The molecule has 1 fully saturated rings. The summed E-state index contributed by atoms with van der Waals surface area (Å²) >= 11 is 1.35. The summed E-state index contributed by atoms with van der Waals surface area (Å²) in [5.74, 6) is 0.567. The number of nitrogens with one attached hydrogen (secondary N) is 1. The predicted molar refractivity (Wildman–Crippen MR) is 120 cm³/mol. The van der Waals surface area contributed by atoms with Gasteiger partial charge in [0.25, 0.3) is 0 Å². The molecule has 1 atom stereocenters. The van der Waals surface area contributed by atoms with E-state index in [1.807, 2.05) is 31.2 Å². The standard InChI is InChI=1S/C21H24N4O5S2/c1-12-19(13(2)30-24-12)32(27,28)25-11-5-6-17(25)20(26)23-21-22-18(14(3)31-21)15-7-9-16(29-4)10-8-15/h7-10,17H,5-6,11H2,1-4H3,(H,22,23,26)/t17-/m0/s1. The van der Waals surface area contributed by atoms with Crippen LogP contribution in [0.5, 0.6) is 5.75 Å². The van der Waals surface area contributed by atoms with Crippen LogP contribution in [0.3, 0.4) is 0 Å². The predicted octanol–water partition coefficient (Wildman–Crippen LogP) is 3.52. The van der Waals surface area contributed by atoms with Crippen LogP contribution in [-0.4, -0.2) is 48.5 Å². The summed E-state index contributed by atoms with van der Waals surface area (Å²) < 4.78 is 37.9. The molecule has 3 aromatic rings. The van der Waals surface area contributed by atoms with Crippen LogP contribution in [0, 0.1) is 20.8 Å². The zero-order valence-electron chi connectivity index (χ0n) is 18.2. The van der Waals surface area contributed by atoms with E-state index >= 15 is 0 Å². The Balaban J connectivity index is 1.55. The highest BCUT2D eigenvalue weighted by Crippen LogP contribution is 2.33. The van der Waals surface area contributed by atoms with Gasteiger partial charge >= 0.3 is 0 Å². The van der Waals surface area contributed by atoms with Gasteiger partial charge in [0.05, 0.1) is 12.8 Å². The number of hydrogen-bond donors (Lipinski definition) is 1. The molecule has 1 aliphatic heterocycles. The van der Waals surface area contributed by atoms with Crippen molar-refractivity contribution in [3.05, 3.63) is 40.6 Å². The second-order valence-electron chi connectivity index (χ2n) is 7.57. The molecule has 0 bridgehead atoms. The van der Waals surface area contributed by atoms with Crippen molar-refractivity contribution in [3.8, 4) is 17.0 Å². The number of hydrogen-bond acceptors (Lipinski definition) is 8. The number of benzene rings is 1. The van der Waals surface area contributed by atoms with Crippen molar-refractivity contribution in [2.45, 2.75) is 44.6 Å². The van der Waals surface area contributed by atoms with E-state index in [1.165, 1.54) is 15.6 Å². The van der Waals surface area contributed by atoms with E-state index in [4.69, 9.17) is 9.26 Å². The first-order chi connectivity index (χ1) is 15.2. The molecule has 1 amide bonds. The minimum Gasteiger partial charge on any atom is -0.497 e. The Bertz CT molecular complexity index is 1230. The molecular weight excluding hydrogens is 452 g/mol. The fraction of sp³-hybridized carbons (Fsp3) is 0.381. The van der Waals surface area contributed by atoms with Crippen molar-refractivity contribution in [1.82, 2.24) is 14.4 Å². The van der Waals surface area contributed by atoms with Gasteiger partial charge in [0.15, 0.2) is 10.9 Å². The summed E-state index contributed by atoms with van der Waals surface area (Å²) in [6.45, 7) is 5.32. The first kappa shape index (κ1) is 22.4. The highest BCUT2D eigenvalue weighted by molar-refractivity contribution is 7.89. The number of thiazole rings is 1. The Labute approximate surface area is 190 Å². The van der Waals surface area contributed by atoms with Gasteiger partial charge in [0.2, 0.25) is 15.9 Å². The molecule has 32 heavy (non-hydrogen) atoms. The summed E-state index contributed by atoms with van der Waals surface area (Å²) in [6.07, 6.45) is 1.03. The average Bonchev–Trinajstić information content (AvgIpc) is 3.47. The Kier molecular flexibility index (Phi) is 6.06. The highest BCUT2D eigenvalue weighted by atomic mass is 32.2. The van der Waals surface area contributed by atoms with E-state index in [2.05, 4.69) is 15.5 Å². The molecule has 0 aliphatic carbocycles. The van der Waals surface area contributed by atoms with Crippen LogP contribution in [0.15, 0.2) is 33.7 Å². The van der Waals surface area contributed by atoms with Crippen molar-refractivity contribution < 1.29 is 22.5 Å². The highest BCUT2D eigenvalue weighted by Gasteiger charge is 2.42. The summed E-state index contributed by atoms with van der Waals surface area (Å²) in [4.78, 5) is 18.6. The number of sulfonamides is 1. The normalized spacial score (nSPS) is 16.9. The molecule has 1 N–H and O–H groups in total. The van der Waals surface area contributed by atoms with Crippen molar-refractivity contribution in [2.75, 3.05) is 19.0 Å². The van der Waals surface area contributed by atoms with E-state index in [0.717, 1.165) is 21.9 Å². The zero-order chi connectivity index (χ0) is 23.0. The van der Waals surface area contributed by atoms with Gasteiger partial charge in [-0.2, -0.15) is 4.31 Å². The van der Waals surface area contributed by atoms with Crippen molar-refractivity contribution in [3.63, 3.8) is 0 Å². The van der Waals surface area contributed by atoms with Crippen LogP contribution in [0.1, 0.15) is 29.2 Å². The Morgan fingerprint density at radius 2 is 1.97 bits per heavy atom. The van der Waals surface area contributed by atoms with Crippen LogP contribution in [-0.2, 0) is 14.8 Å². The maximum absolute atomic E-state index is 13.2. The number of nitrogens with zero attached hydrogens (tertiary/aromatic N) is 3. The van der Waals surface area contributed by atoms with Gasteiger partial charge < -0.3 is 14.6 Å². The summed E-state index contributed by atoms with van der Waals surface area (Å²) in [7, 11) is -2.30. The van der Waals surface area contributed by atoms with Gasteiger partial charge in [0, 0.05) is 17.0 Å². The van der Waals surface area contributed by atoms with Gasteiger partial charge in [-0.1, -0.05) is 5.16 Å². The molecule has 9 nitrogen and oxygen atoms in total. The van der Waals surface area contributed by atoms with E-state index in [1.54, 1.807) is 21.0 Å². The number of aryl methyl sites for hydroxylation is 3. The van der Waals surface area contributed by atoms with Crippen molar-refractivity contribution >= 4 is 32.4 Å². The monoisotopic (exact) mass is 476 g/mol. The Morgan fingerprint density at radius 3 is 2.59 bits per heavy atom. The third-order valence-corrected chi connectivity index (χ3v) is 8.47. The maximum Gasteiger partial charge on any atom is 0.249 e. The smallest absolute Gasteiger partial charge is 0.249 e. The zero-order valence-corrected chi connectivity index (χ0v) is 19.8. The molecule has 0 radical (unpaired) electrons. The van der Waals surface area contributed by atoms with Gasteiger partial charge in [-0.15, -0.1) is 11.3 Å². The van der Waals surface area contributed by atoms with Gasteiger partial charge in [-0.05, 0) is 57.9 Å². The van der Waals surface area contributed by atoms with Gasteiger partial charge in [-0.25, -0.2) is 13.4 Å². The second-order valence-corrected chi connectivity index (χ2v) is 10.6. The molecule has 11 heteroatoms. The maximum atomic E-state index is 13.2. The number of methoxy groups -OCH3 is 1. The lowest BCUT2D eigenvalue weighted by molar-refractivity contribution is -0.119. The Hall–Kier alpha value is -2.76. The number of anilines is 1. The molecule has 3 heterocycles. The van der Waals surface area contributed by atoms with Crippen LogP contribution in [0.4, 0.5) is 5.13 Å². The molecule has 0 saturated carbocycles. The molecule has 4 rings (SSSR count). The van der Waals surface area contributed by atoms with E-state index in [9.17, 15) is 13.2 Å². The number of carbonyl (C=O) groups is 1. The summed E-state index contributed by atoms with van der Waals surface area (Å²) in [5, 5.41) is 6.99. The quantitative estimate of drug-likeness (QED) is 0.579. The first-order valence-corrected chi connectivity index (χ1v) is 12.4. The van der Waals surface area contributed by atoms with Crippen LogP contribution >= 0.6 is 11.3 Å². The number of ether oxygens (including phenoxy) is 1. The largest absolute Gasteiger partial charge is 0.497 e. The van der Waals surface area contributed by atoms with E-state index in [-0.39, 0.29) is 22.9 Å². The molecular formula is C21H24N4O5S2. The number of aromatic nitrogens is 2. The summed E-state index contributed by atoms with van der Waals surface area (Å²) in [6, 6.07) is 6.69. The molecule has 1 saturated heterocycles. The summed E-state index contributed by atoms with van der Waals surface area (Å²) in [5.41, 5.74) is 1.95. The third kappa shape index (κ3) is 4.03. The van der Waals surface area contributed by atoms with Crippen LogP contribution < -0.4 is 10.1 Å². The lowest BCUT2D eigenvalue weighted by Gasteiger charge is -2.22. The van der Waals surface area contributed by atoms with Gasteiger partial charge in [-0.3, -0.25) is 4.79 Å². The molecule has 1 aliphatic rings. The lowest BCUT2D eigenvalue weighted by Crippen LogP contribution is -2.43. The topological polar surface area (TPSA) is 115 Å². The van der Waals surface area contributed by atoms with E-state index < -0.39 is 22.0 Å². The molecule has 170 valence electrons. The van der Waals surface area contributed by atoms with Crippen molar-refractivity contribution in [1.29, 1.82) is 0 Å².